The summed E-state index contributed by atoms with van der Waals surface area (Å²) in [6.07, 6.45) is 85.1. The van der Waals surface area contributed by atoms with Gasteiger partial charge in [0.05, 0.1) is 32.8 Å². The minimum atomic E-state index is -0.698. The molecule has 0 amide bonds. The van der Waals surface area contributed by atoms with Gasteiger partial charge in [0.2, 0.25) is 0 Å². The zero-order valence-electron chi connectivity index (χ0n) is 86.3. The molecular formula is C107H179N13O20. The lowest BCUT2D eigenvalue weighted by Gasteiger charge is -2.13. The van der Waals surface area contributed by atoms with Crippen LogP contribution in [0.5, 0.6) is 0 Å². The third-order valence-electron chi connectivity index (χ3n) is 24.4. The van der Waals surface area contributed by atoms with Gasteiger partial charge in [0, 0.05) is 64.6 Å². The Morgan fingerprint density at radius 2 is 0.514 bits per heavy atom. The quantitative estimate of drug-likeness (QED) is 0.00923. The smallest absolute Gasteiger partial charge is 0.351 e. The Balaban J connectivity index is 0.000000330. The average molecular weight is 1970 g/mol. The average Bonchev–Trinajstić information content (AvgIpc) is 1.68. The minimum Gasteiger partial charge on any atom is -0.460 e. The van der Waals surface area contributed by atoms with Crippen LogP contribution in [0.2, 0.25) is 0 Å². The number of carbonyl (C=O) groups is 4. The Morgan fingerprint density at radius 3 is 0.721 bits per heavy atom. The highest BCUT2D eigenvalue weighted by Gasteiger charge is 2.34. The summed E-state index contributed by atoms with van der Waals surface area (Å²) in [4.78, 5) is 117. The lowest BCUT2D eigenvalue weighted by Crippen LogP contribution is -2.29. The van der Waals surface area contributed by atoms with Gasteiger partial charge in [0.1, 0.15) is 43.9 Å². The van der Waals surface area contributed by atoms with Crippen LogP contribution in [0.15, 0.2) is 110 Å². The van der Waals surface area contributed by atoms with Crippen molar-refractivity contribution < 1.29 is 76.0 Å². The number of allylic oxidation sites excluding steroid dienone is 6. The molecule has 0 saturated carbocycles. The van der Waals surface area contributed by atoms with Gasteiger partial charge in [-0.1, -0.05) is 308 Å². The summed E-state index contributed by atoms with van der Waals surface area (Å²) in [7, 11) is 3.67. The van der Waals surface area contributed by atoms with Gasteiger partial charge in [-0.2, -0.15) is 19.9 Å². The van der Waals surface area contributed by atoms with Crippen molar-refractivity contribution in [1.82, 2.24) is 43.1 Å². The number of aliphatic imine (C=N–C) groups is 1. The largest absolute Gasteiger partial charge is 0.460 e. The monoisotopic (exact) mass is 1970 g/mol. The van der Waals surface area contributed by atoms with Crippen LogP contribution in [0.1, 0.15) is 425 Å². The maximum Gasteiger partial charge on any atom is 0.351 e. The third-order valence-corrected chi connectivity index (χ3v) is 24.4. The van der Waals surface area contributed by atoms with E-state index < -0.39 is 72.8 Å². The van der Waals surface area contributed by atoms with E-state index in [1.165, 1.54) is 312 Å². The maximum atomic E-state index is 12.3. The molecule has 0 aliphatic carbocycles. The number of esters is 4. The molecule has 4 fully saturated rings. The molecule has 0 bridgehead atoms. The Bertz CT molecular complexity index is 4120. The molecule has 4 aromatic rings. The number of unbranched alkanes of at least 4 members (excludes halogenated alkanes) is 47. The van der Waals surface area contributed by atoms with Gasteiger partial charge in [0.25, 0.3) is 0 Å². The number of ether oxygens (including phenoxy) is 12. The topological polar surface area (TPSA) is 412 Å². The van der Waals surface area contributed by atoms with Crippen LogP contribution in [0, 0.1) is 0 Å². The minimum absolute atomic E-state index is 0.00774. The molecule has 0 unspecified atom stereocenters. The molecule has 33 heteroatoms. The van der Waals surface area contributed by atoms with Gasteiger partial charge in [-0.05, 0) is 127 Å². The van der Waals surface area contributed by atoms with E-state index >= 15 is 0 Å². The highest BCUT2D eigenvalue weighted by molar-refractivity contribution is 5.70. The first-order valence-corrected chi connectivity index (χ1v) is 53.8. The number of nitrogen functional groups attached to an aromatic ring is 3. The number of rotatable bonds is 75. The summed E-state index contributed by atoms with van der Waals surface area (Å²) < 4.78 is 70.9. The van der Waals surface area contributed by atoms with Crippen molar-refractivity contribution in [3.05, 3.63) is 127 Å². The number of hydrogen-bond acceptors (Lipinski definition) is 28. The predicted octanol–water partition coefficient (Wildman–Crippen LogP) is 22.0. The second-order valence-corrected chi connectivity index (χ2v) is 37.2. The number of anilines is 3. The van der Waals surface area contributed by atoms with E-state index in [1.54, 1.807) is 23.5 Å². The Kier molecular flexibility index (Phi) is 70.0. The molecule has 4 aromatic heterocycles. The lowest BCUT2D eigenvalue weighted by atomic mass is 10.0. The van der Waals surface area contributed by atoms with Gasteiger partial charge in [-0.3, -0.25) is 37.4 Å². The molecule has 4 aliphatic heterocycles. The van der Waals surface area contributed by atoms with Crippen molar-refractivity contribution in [2.75, 3.05) is 84.2 Å². The van der Waals surface area contributed by atoms with Crippen molar-refractivity contribution in [3.63, 3.8) is 0 Å². The van der Waals surface area contributed by atoms with E-state index in [0.717, 1.165) is 89.9 Å². The zero-order chi connectivity index (χ0) is 101. The summed E-state index contributed by atoms with van der Waals surface area (Å²) in [5.41, 5.74) is 14.5. The fourth-order valence-corrected chi connectivity index (χ4v) is 16.1. The summed E-state index contributed by atoms with van der Waals surface area (Å²) in [5.74, 6) is -0.205. The lowest BCUT2D eigenvalue weighted by molar-refractivity contribution is -0.159. The Hall–Kier alpha value is -8.83. The van der Waals surface area contributed by atoms with Gasteiger partial charge in [0.15, 0.2) is 55.9 Å². The van der Waals surface area contributed by atoms with E-state index in [4.69, 9.17) is 74.0 Å². The maximum absolute atomic E-state index is 12.3. The first-order chi connectivity index (χ1) is 68.3. The number of hydrogen-bond donors (Lipinski definition) is 3. The molecule has 0 aromatic carbocycles. The summed E-state index contributed by atoms with van der Waals surface area (Å²) in [6.45, 7) is 9.81. The van der Waals surface area contributed by atoms with Crippen molar-refractivity contribution in [3.8, 4) is 0 Å². The van der Waals surface area contributed by atoms with E-state index in [0.29, 0.717) is 31.5 Å². The van der Waals surface area contributed by atoms with Crippen molar-refractivity contribution in [2.24, 2.45) is 4.99 Å². The van der Waals surface area contributed by atoms with Gasteiger partial charge >= 0.3 is 46.6 Å². The Morgan fingerprint density at radius 1 is 0.314 bits per heavy atom. The predicted molar refractivity (Wildman–Crippen MR) is 550 cm³/mol. The van der Waals surface area contributed by atoms with Gasteiger partial charge in [-0.15, -0.1) is 0 Å². The SMILES string of the molecule is CCCCCCCC/C=C/CCCCCCCC(=O)OC[C@H]1OC[C@@H](n2ccc(N)nc2=O)O1.CCCCCCCC/C=C/CCCCCCCC(=O)OC[C@H]1OC[C@@H](n2ccc(N=CN(C)C)nc2=O)O1.CCCCCCCC/C=C\CCCCCCCC(=O)OC[C@H]1OC[C@@H](n2ccc(N)nc2=O)O1.CCCCCCCCCCCCCCCCCC(=O)OC[C@H]1OC[C@@H](n2ccc(N)nc2=O)O1. The second-order valence-electron chi connectivity index (χ2n) is 37.2. The fourth-order valence-electron chi connectivity index (χ4n) is 16.1. The molecule has 4 aliphatic rings. The van der Waals surface area contributed by atoms with Crippen LogP contribution in [-0.4, -0.2) is 165 Å². The number of nitrogens with two attached hydrogens (primary N) is 3. The Labute approximate surface area is 835 Å². The number of carbonyl (C=O) groups excluding carboxylic acids is 4. The highest BCUT2D eigenvalue weighted by Crippen LogP contribution is 2.27. The summed E-state index contributed by atoms with van der Waals surface area (Å²) >= 11 is 0. The van der Waals surface area contributed by atoms with Crippen molar-refractivity contribution in [1.29, 1.82) is 0 Å². The molecule has 8 heterocycles. The van der Waals surface area contributed by atoms with Crippen LogP contribution in [0.25, 0.3) is 0 Å². The van der Waals surface area contributed by atoms with Crippen LogP contribution in [-0.2, 0) is 76.0 Å². The fraction of sp³-hybridized carbons (Fsp3) is 0.748. The van der Waals surface area contributed by atoms with E-state index in [-0.39, 0.29) is 94.2 Å². The zero-order valence-corrected chi connectivity index (χ0v) is 86.3. The molecule has 33 nitrogen and oxygen atoms in total. The highest BCUT2D eigenvalue weighted by atomic mass is 16.8. The van der Waals surface area contributed by atoms with Crippen LogP contribution in [0.4, 0.5) is 23.3 Å². The molecule has 0 radical (unpaired) electrons. The van der Waals surface area contributed by atoms with Crippen LogP contribution in [0.3, 0.4) is 0 Å². The standard InChI is InChI=1S/C29H48N4O5.C26H45N3O5.2C26H43N3O5/c1-4-5-6-7-8-9-10-11-12-13-14-15-16-17-18-19-27(34)36-23-28-37-22-26(38-28)33-21-20-25(31-29(33)35)30-24-32(2)3;3*1-2-3-4-5-6-7-8-9-10-11-12-13-14-15-16-17-24(30)32-21-25-33-20-23(34-25)29-19-18-22(27)28-26(29)31/h11-12,20-21,24,26,28H,4-10,13-19,22-23H2,1-3H3;18-19,23,25H,2-17,20-21H2,1H3,(H2,27,28,31);2*9-10,18-19,23,25H,2-8,11-17,20-21H2,1H3,(H2,27,28,31)/b12-11+,30-24?;;10-9+;10-9-/t26-,28-;3*23-,25-/m0000/s1. The number of aromatic nitrogens is 8. The van der Waals surface area contributed by atoms with Crippen molar-refractivity contribution in [2.45, 2.75) is 450 Å². The molecular weight excluding hydrogens is 1790 g/mol. The molecule has 8 atom stereocenters. The summed E-state index contributed by atoms with van der Waals surface area (Å²) in [5, 5.41) is 0. The second kappa shape index (κ2) is 80.6. The third kappa shape index (κ3) is 59.9. The number of nitrogens with zero attached hydrogens (tertiary/aromatic N) is 10. The van der Waals surface area contributed by atoms with Crippen molar-refractivity contribution >= 4 is 53.5 Å². The first-order valence-electron chi connectivity index (χ1n) is 53.8. The molecule has 4 saturated heterocycles. The van der Waals surface area contributed by atoms with E-state index in [9.17, 15) is 38.4 Å². The van der Waals surface area contributed by atoms with Crippen LogP contribution >= 0.6 is 0 Å². The molecule has 140 heavy (non-hydrogen) atoms. The molecule has 792 valence electrons. The van der Waals surface area contributed by atoms with E-state index in [1.807, 2.05) is 14.1 Å². The van der Waals surface area contributed by atoms with Gasteiger partial charge < -0.3 is 78.9 Å². The summed E-state index contributed by atoms with van der Waals surface area (Å²) in [6, 6.07) is 6.19. The van der Waals surface area contributed by atoms with Gasteiger partial charge in [-0.25, -0.2) is 24.2 Å². The van der Waals surface area contributed by atoms with E-state index in [2.05, 4.69) is 89.1 Å². The first kappa shape index (κ1) is 122. The normalized spacial score (nSPS) is 17.8. The molecule has 8 rings (SSSR count). The molecule has 0 spiro atoms. The van der Waals surface area contributed by atoms with Crippen LogP contribution < -0.4 is 40.0 Å². The molecule has 6 N–H and O–H groups in total.